The Kier molecular flexibility index (Phi) is 7.92. The molecule has 2 saturated heterocycles. The minimum Gasteiger partial charge on any atom is -0.494 e. The van der Waals surface area contributed by atoms with Crippen LogP contribution in [0.15, 0.2) is 42.7 Å². The summed E-state index contributed by atoms with van der Waals surface area (Å²) in [6.45, 7) is 9.33. The van der Waals surface area contributed by atoms with Crippen molar-refractivity contribution in [3.8, 4) is 23.3 Å². The van der Waals surface area contributed by atoms with Crippen LogP contribution in [0.4, 0.5) is 10.6 Å². The Morgan fingerprint density at radius 2 is 1.86 bits per heavy atom. The molecular weight excluding hydrogens is 634 g/mol. The van der Waals surface area contributed by atoms with Crippen molar-refractivity contribution in [3.63, 3.8) is 0 Å². The van der Waals surface area contributed by atoms with Crippen LogP contribution in [0.3, 0.4) is 0 Å². The molecule has 13 nitrogen and oxygen atoms in total. The smallest absolute Gasteiger partial charge is 0.407 e. The molecule has 2 aliphatic carbocycles. The Hall–Kier alpha value is -5.12. The van der Waals surface area contributed by atoms with Crippen LogP contribution in [0.1, 0.15) is 62.6 Å². The van der Waals surface area contributed by atoms with Gasteiger partial charge in [-0.15, -0.1) is 0 Å². The Bertz CT molecular complexity index is 2000. The number of benzene rings is 1. The first-order chi connectivity index (χ1) is 24.1. The monoisotopic (exact) mass is 677 g/mol. The van der Waals surface area contributed by atoms with E-state index in [2.05, 4.69) is 47.6 Å². The highest BCUT2D eigenvalue weighted by atomic mass is 16.6. The number of piperidine rings is 1. The number of rotatable bonds is 9. The molecule has 4 aromatic rings. The molecule has 50 heavy (non-hydrogen) atoms. The summed E-state index contributed by atoms with van der Waals surface area (Å²) in [5.74, 6) is 3.46. The maximum Gasteiger partial charge on any atom is 0.407 e. The summed E-state index contributed by atoms with van der Waals surface area (Å²) >= 11 is 0. The SMILES string of the molecule is COc1cc(C(=O)N2C[C@H]3CC[C@@H]2[C@@H]3NC(=O)OC(C)(C)C)cc2nc(-c3cccn3CC3CC3)n(CC3CN(c4ccnc(C#N)n4)C3)c12. The number of carbonyl (C=O) groups is 2. The van der Waals surface area contributed by atoms with Crippen LogP contribution in [0.25, 0.3) is 22.6 Å². The van der Waals surface area contributed by atoms with E-state index in [1.165, 1.54) is 12.8 Å². The Morgan fingerprint density at radius 1 is 1.04 bits per heavy atom. The van der Waals surface area contributed by atoms with Crippen LogP contribution < -0.4 is 15.0 Å². The quantitative estimate of drug-likeness (QED) is 0.263. The van der Waals surface area contributed by atoms with Gasteiger partial charge in [0.2, 0.25) is 5.82 Å². The van der Waals surface area contributed by atoms with Crippen molar-refractivity contribution in [1.29, 1.82) is 5.26 Å². The van der Waals surface area contributed by atoms with E-state index >= 15 is 0 Å². The molecule has 13 heteroatoms. The lowest BCUT2D eigenvalue weighted by Gasteiger charge is -2.40. The van der Waals surface area contributed by atoms with Gasteiger partial charge in [0.15, 0.2) is 5.82 Å². The Morgan fingerprint density at radius 3 is 2.60 bits per heavy atom. The normalized spacial score (nSPS) is 21.7. The molecule has 1 N–H and O–H groups in total. The third-order valence-corrected chi connectivity index (χ3v) is 10.5. The van der Waals surface area contributed by atoms with E-state index < -0.39 is 11.7 Å². The van der Waals surface area contributed by atoms with Crippen LogP contribution >= 0.6 is 0 Å². The minimum atomic E-state index is -0.595. The molecule has 5 heterocycles. The maximum atomic E-state index is 14.2. The topological polar surface area (TPSA) is 143 Å². The highest BCUT2D eigenvalue weighted by Gasteiger charge is 2.50. The number of nitrogens with zero attached hydrogens (tertiary/aromatic N) is 8. The number of fused-ring (bicyclic) bond motifs is 3. The molecule has 3 atom stereocenters. The predicted octanol–water partition coefficient (Wildman–Crippen LogP) is 4.85. The van der Waals surface area contributed by atoms with Crippen molar-refractivity contribution >= 4 is 28.9 Å². The average molecular weight is 678 g/mol. The zero-order valence-electron chi connectivity index (χ0n) is 29.0. The van der Waals surface area contributed by atoms with E-state index in [0.717, 1.165) is 55.3 Å². The summed E-state index contributed by atoms with van der Waals surface area (Å²) in [5.41, 5.74) is 2.54. The number of likely N-dealkylation sites (tertiary alicyclic amines) is 1. The van der Waals surface area contributed by atoms with E-state index in [1.807, 2.05) is 49.9 Å². The minimum absolute atomic E-state index is 0.0854. The van der Waals surface area contributed by atoms with Crippen molar-refractivity contribution in [1.82, 2.24) is 34.3 Å². The molecule has 1 aromatic carbocycles. The third-order valence-electron chi connectivity index (χ3n) is 10.5. The van der Waals surface area contributed by atoms with Crippen LogP contribution in [0.5, 0.6) is 5.75 Å². The molecule has 8 rings (SSSR count). The van der Waals surface area contributed by atoms with Crippen molar-refractivity contribution < 1.29 is 19.1 Å². The fourth-order valence-electron chi connectivity index (χ4n) is 8.00. The van der Waals surface area contributed by atoms with E-state index in [9.17, 15) is 14.9 Å². The first-order valence-electron chi connectivity index (χ1n) is 17.6. The van der Waals surface area contributed by atoms with E-state index in [4.69, 9.17) is 14.5 Å². The van der Waals surface area contributed by atoms with Gasteiger partial charge < -0.3 is 33.7 Å². The second kappa shape index (κ2) is 12.3. The number of hydrogen-bond donors (Lipinski definition) is 1. The number of nitrogens with one attached hydrogen (secondary N) is 1. The lowest BCUT2D eigenvalue weighted by molar-refractivity contribution is 0.0485. The lowest BCUT2D eigenvalue weighted by atomic mass is 9.99. The van der Waals surface area contributed by atoms with Gasteiger partial charge in [-0.2, -0.15) is 5.26 Å². The van der Waals surface area contributed by atoms with Crippen LogP contribution in [0.2, 0.25) is 0 Å². The number of alkyl carbamates (subject to hydrolysis) is 1. The van der Waals surface area contributed by atoms with Crippen LogP contribution in [0, 0.1) is 29.1 Å². The van der Waals surface area contributed by atoms with Gasteiger partial charge in [-0.05, 0) is 88.6 Å². The molecular formula is C37H43N9O4. The molecule has 0 radical (unpaired) electrons. The predicted molar refractivity (Wildman–Crippen MR) is 186 cm³/mol. The number of amides is 2. The molecule has 2 saturated carbocycles. The number of hydrogen-bond acceptors (Lipinski definition) is 9. The number of anilines is 1. The van der Waals surface area contributed by atoms with Crippen LogP contribution in [-0.2, 0) is 17.8 Å². The number of aromatic nitrogens is 5. The molecule has 4 aliphatic rings. The van der Waals surface area contributed by atoms with Gasteiger partial charge in [0.1, 0.15) is 28.8 Å². The van der Waals surface area contributed by atoms with Gasteiger partial charge in [-0.25, -0.2) is 19.7 Å². The summed E-state index contributed by atoms with van der Waals surface area (Å²) < 4.78 is 16.1. The second-order valence-corrected chi connectivity index (χ2v) is 15.2. The van der Waals surface area contributed by atoms with Gasteiger partial charge in [-0.3, -0.25) is 4.79 Å². The summed E-state index contributed by atoms with van der Waals surface area (Å²) in [5, 5.41) is 12.3. The van der Waals surface area contributed by atoms with Gasteiger partial charge >= 0.3 is 6.09 Å². The van der Waals surface area contributed by atoms with Crippen molar-refractivity contribution in [3.05, 3.63) is 54.1 Å². The van der Waals surface area contributed by atoms with Crippen molar-refractivity contribution in [2.75, 3.05) is 31.6 Å². The molecule has 4 fully saturated rings. The molecule has 2 bridgehead atoms. The second-order valence-electron chi connectivity index (χ2n) is 15.2. The van der Waals surface area contributed by atoms with Crippen molar-refractivity contribution in [2.24, 2.45) is 17.8 Å². The number of imidazole rings is 1. The van der Waals surface area contributed by atoms with Gasteiger partial charge in [0, 0.05) is 56.6 Å². The molecule has 0 spiro atoms. The summed E-state index contributed by atoms with van der Waals surface area (Å²) in [7, 11) is 1.64. The first kappa shape index (κ1) is 32.1. The molecule has 2 aliphatic heterocycles. The fraction of sp³-hybridized carbons (Fsp3) is 0.514. The lowest BCUT2D eigenvalue weighted by Crippen LogP contribution is -2.49. The molecule has 2 amide bonds. The Labute approximate surface area is 291 Å². The number of carbonyl (C=O) groups excluding carboxylic acids is 2. The van der Waals surface area contributed by atoms with E-state index in [1.54, 1.807) is 13.3 Å². The number of methoxy groups -OCH3 is 1. The molecule has 0 unspecified atom stereocenters. The largest absolute Gasteiger partial charge is 0.494 e. The van der Waals surface area contributed by atoms with E-state index in [-0.39, 0.29) is 29.7 Å². The van der Waals surface area contributed by atoms with Gasteiger partial charge in [0.25, 0.3) is 5.91 Å². The molecule has 260 valence electrons. The van der Waals surface area contributed by atoms with Crippen molar-refractivity contribution in [2.45, 2.75) is 77.2 Å². The fourth-order valence-corrected chi connectivity index (χ4v) is 8.00. The van der Waals surface area contributed by atoms with Crippen LogP contribution in [-0.4, -0.2) is 85.4 Å². The van der Waals surface area contributed by atoms with Gasteiger partial charge in [-0.1, -0.05) is 0 Å². The zero-order chi connectivity index (χ0) is 34.7. The summed E-state index contributed by atoms with van der Waals surface area (Å²) in [6.07, 6.45) is 7.58. The molecule has 3 aromatic heterocycles. The highest BCUT2D eigenvalue weighted by Crippen LogP contribution is 2.41. The Balaban J connectivity index is 1.10. The number of nitriles is 1. The van der Waals surface area contributed by atoms with E-state index in [0.29, 0.717) is 41.8 Å². The van der Waals surface area contributed by atoms with Gasteiger partial charge in [0.05, 0.1) is 30.4 Å². The first-order valence-corrected chi connectivity index (χ1v) is 17.6. The highest BCUT2D eigenvalue weighted by molar-refractivity contribution is 6.00. The number of ether oxygens (including phenoxy) is 2. The zero-order valence-corrected chi connectivity index (χ0v) is 29.0. The summed E-state index contributed by atoms with van der Waals surface area (Å²) in [6, 6.07) is 11.6. The standard InChI is InChI=1S/C37H43N9O4/c1-37(2,3)50-36(48)42-32-24-9-10-27(32)45(21-24)35(47)25-14-26-33(29(15-25)49-4)46(34(40-26)28-6-5-13-43(28)17-22-7-8-22)20-23-18-44(19-23)31-11-12-39-30(16-38)41-31/h5-6,11-15,22-24,27,32H,7-10,17-21H2,1-4H3,(H,42,48)/t24-,27-,32-/m1/s1. The third kappa shape index (κ3) is 6.01. The summed E-state index contributed by atoms with van der Waals surface area (Å²) in [4.78, 5) is 44.5. The average Bonchev–Trinajstić information content (AvgIpc) is 3.34. The maximum absolute atomic E-state index is 14.2.